The van der Waals surface area contributed by atoms with Gasteiger partial charge in [-0.05, 0) is 24.6 Å². The molecule has 0 aliphatic rings. The summed E-state index contributed by atoms with van der Waals surface area (Å²) >= 11 is 6.44. The molecule has 0 saturated heterocycles. The number of esters is 1. The minimum Gasteiger partial charge on any atom is -0.464 e. The Morgan fingerprint density at radius 2 is 1.87 bits per heavy atom. The van der Waals surface area contributed by atoms with Gasteiger partial charge in [-0.15, -0.1) is 0 Å². The molecule has 3 rings (SSSR count). The monoisotopic (exact) mass is 326 g/mol. The van der Waals surface area contributed by atoms with Crippen molar-refractivity contribution in [1.29, 1.82) is 0 Å². The predicted octanol–water partition coefficient (Wildman–Crippen LogP) is 4.29. The fraction of sp³-hybridized carbons (Fsp3) is 0.111. The van der Waals surface area contributed by atoms with E-state index in [0.29, 0.717) is 5.82 Å². The highest BCUT2D eigenvalue weighted by Crippen LogP contribution is 2.30. The van der Waals surface area contributed by atoms with Crippen LogP contribution in [0.1, 0.15) is 16.1 Å². The van der Waals surface area contributed by atoms with E-state index < -0.39 is 5.97 Å². The number of nitrogens with zero attached hydrogens (tertiary/aromatic N) is 2. The summed E-state index contributed by atoms with van der Waals surface area (Å²) in [5.74, 6) is 0.0418. The van der Waals surface area contributed by atoms with Gasteiger partial charge in [-0.25, -0.2) is 9.78 Å². The Labute approximate surface area is 139 Å². The number of hydrogen-bond acceptors (Lipinski definition) is 3. The molecule has 0 radical (unpaired) electrons. The summed E-state index contributed by atoms with van der Waals surface area (Å²) in [4.78, 5) is 16.4. The molecule has 23 heavy (non-hydrogen) atoms. The zero-order valence-corrected chi connectivity index (χ0v) is 13.5. The number of ether oxygens (including phenoxy) is 1. The third kappa shape index (κ3) is 2.85. The van der Waals surface area contributed by atoms with Crippen LogP contribution in [-0.2, 0) is 4.74 Å². The summed E-state index contributed by atoms with van der Waals surface area (Å²) in [6.45, 7) is 2.00. The Kier molecular flexibility index (Phi) is 4.17. The van der Waals surface area contributed by atoms with Crippen LogP contribution in [0, 0.1) is 6.92 Å². The van der Waals surface area contributed by atoms with Gasteiger partial charge in [0.05, 0.1) is 7.11 Å². The van der Waals surface area contributed by atoms with Gasteiger partial charge in [-0.1, -0.05) is 54.1 Å². The minimum atomic E-state index is -0.557. The zero-order chi connectivity index (χ0) is 16.4. The number of carbonyl (C=O) groups excluding carboxylic acids is 1. The van der Waals surface area contributed by atoms with Crippen LogP contribution in [-0.4, -0.2) is 22.6 Å². The lowest BCUT2D eigenvalue weighted by atomic mass is 10.2. The number of aryl methyl sites for hydroxylation is 1. The molecule has 0 fully saturated rings. The van der Waals surface area contributed by atoms with E-state index in [1.165, 1.54) is 7.11 Å². The van der Waals surface area contributed by atoms with E-state index in [1.807, 2.05) is 61.5 Å². The Morgan fingerprint density at radius 1 is 1.13 bits per heavy atom. The minimum absolute atomic E-state index is 0.106. The highest BCUT2D eigenvalue weighted by atomic mass is 35.5. The third-order valence-electron chi connectivity index (χ3n) is 3.49. The van der Waals surface area contributed by atoms with Crippen molar-refractivity contribution in [3.8, 4) is 17.1 Å². The standard InChI is InChI=1S/C18H15ClN2O2/c1-12-7-6-10-14(11-12)21-16(19)15(18(22)23-2)20-17(21)13-8-4-3-5-9-13/h3-11H,1-2H3. The summed E-state index contributed by atoms with van der Waals surface area (Å²) in [7, 11) is 1.31. The predicted molar refractivity (Wildman–Crippen MR) is 90.1 cm³/mol. The van der Waals surface area contributed by atoms with E-state index in [2.05, 4.69) is 4.98 Å². The van der Waals surface area contributed by atoms with Gasteiger partial charge in [0.25, 0.3) is 0 Å². The number of methoxy groups -OCH3 is 1. The van der Waals surface area contributed by atoms with Crippen LogP contribution in [0.4, 0.5) is 0 Å². The molecule has 0 N–H and O–H groups in total. The number of benzene rings is 2. The average Bonchev–Trinajstić information content (AvgIpc) is 2.92. The van der Waals surface area contributed by atoms with Gasteiger partial charge in [-0.3, -0.25) is 4.57 Å². The molecule has 1 aromatic heterocycles. The molecule has 0 saturated carbocycles. The second-order valence-electron chi connectivity index (χ2n) is 5.11. The van der Waals surface area contributed by atoms with E-state index in [0.717, 1.165) is 16.8 Å². The van der Waals surface area contributed by atoms with Gasteiger partial charge >= 0.3 is 5.97 Å². The highest BCUT2D eigenvalue weighted by Gasteiger charge is 2.23. The molecule has 0 aliphatic heterocycles. The van der Waals surface area contributed by atoms with Crippen molar-refractivity contribution in [2.75, 3.05) is 7.11 Å². The molecule has 0 bridgehead atoms. The van der Waals surface area contributed by atoms with Crippen LogP contribution in [0.5, 0.6) is 0 Å². The first-order valence-electron chi connectivity index (χ1n) is 7.11. The molecule has 2 aromatic carbocycles. The zero-order valence-electron chi connectivity index (χ0n) is 12.8. The third-order valence-corrected chi connectivity index (χ3v) is 3.84. The van der Waals surface area contributed by atoms with Crippen molar-refractivity contribution in [1.82, 2.24) is 9.55 Å². The lowest BCUT2D eigenvalue weighted by molar-refractivity contribution is 0.0595. The van der Waals surface area contributed by atoms with Gasteiger partial charge in [-0.2, -0.15) is 0 Å². The summed E-state index contributed by atoms with van der Waals surface area (Å²) in [5.41, 5.74) is 2.91. The Bertz CT molecular complexity index is 857. The van der Waals surface area contributed by atoms with E-state index >= 15 is 0 Å². The van der Waals surface area contributed by atoms with E-state index in [-0.39, 0.29) is 10.8 Å². The fourth-order valence-electron chi connectivity index (χ4n) is 2.41. The summed E-state index contributed by atoms with van der Waals surface area (Å²) < 4.78 is 6.54. The summed E-state index contributed by atoms with van der Waals surface area (Å²) in [6, 6.07) is 17.4. The SMILES string of the molecule is COC(=O)c1nc(-c2ccccc2)n(-c2cccc(C)c2)c1Cl. The molecule has 4 nitrogen and oxygen atoms in total. The van der Waals surface area contributed by atoms with Crippen LogP contribution in [0.3, 0.4) is 0 Å². The lowest BCUT2D eigenvalue weighted by Crippen LogP contribution is -2.03. The number of halogens is 1. The van der Waals surface area contributed by atoms with Gasteiger partial charge in [0.2, 0.25) is 0 Å². The molecule has 0 aliphatic carbocycles. The molecule has 0 atom stereocenters. The first-order valence-corrected chi connectivity index (χ1v) is 7.48. The van der Waals surface area contributed by atoms with Crippen LogP contribution < -0.4 is 0 Å². The first-order chi connectivity index (χ1) is 11.1. The van der Waals surface area contributed by atoms with Crippen LogP contribution in [0.2, 0.25) is 5.15 Å². The van der Waals surface area contributed by atoms with Gasteiger partial charge in [0, 0.05) is 11.3 Å². The Hall–Kier alpha value is -2.59. The smallest absolute Gasteiger partial charge is 0.359 e. The molecule has 0 amide bonds. The Balaban J connectivity index is 2.28. The quantitative estimate of drug-likeness (QED) is 0.674. The van der Waals surface area contributed by atoms with Gasteiger partial charge in [0.15, 0.2) is 5.69 Å². The second-order valence-corrected chi connectivity index (χ2v) is 5.46. The van der Waals surface area contributed by atoms with E-state index in [9.17, 15) is 4.79 Å². The van der Waals surface area contributed by atoms with Crippen LogP contribution >= 0.6 is 11.6 Å². The first kappa shape index (κ1) is 15.3. The normalized spacial score (nSPS) is 10.6. The molecule has 116 valence electrons. The molecular weight excluding hydrogens is 312 g/mol. The fourth-order valence-corrected chi connectivity index (χ4v) is 2.71. The topological polar surface area (TPSA) is 44.1 Å². The lowest BCUT2D eigenvalue weighted by Gasteiger charge is -2.10. The van der Waals surface area contributed by atoms with Gasteiger partial charge < -0.3 is 4.74 Å². The average molecular weight is 327 g/mol. The second kappa shape index (κ2) is 6.26. The summed E-state index contributed by atoms with van der Waals surface area (Å²) in [6.07, 6.45) is 0. The molecule has 5 heteroatoms. The molecule has 1 heterocycles. The number of carbonyl (C=O) groups is 1. The van der Waals surface area contributed by atoms with Crippen molar-refractivity contribution in [3.63, 3.8) is 0 Å². The highest BCUT2D eigenvalue weighted by molar-refractivity contribution is 6.32. The van der Waals surface area contributed by atoms with Crippen molar-refractivity contribution < 1.29 is 9.53 Å². The van der Waals surface area contributed by atoms with E-state index in [4.69, 9.17) is 16.3 Å². The Morgan fingerprint density at radius 3 is 2.52 bits per heavy atom. The van der Waals surface area contributed by atoms with Crippen LogP contribution in [0.25, 0.3) is 17.1 Å². The molecule has 3 aromatic rings. The maximum absolute atomic E-state index is 11.9. The molecule has 0 spiro atoms. The van der Waals surface area contributed by atoms with Crippen molar-refractivity contribution >= 4 is 17.6 Å². The van der Waals surface area contributed by atoms with Crippen LogP contribution in [0.15, 0.2) is 54.6 Å². The largest absolute Gasteiger partial charge is 0.464 e. The number of aromatic nitrogens is 2. The summed E-state index contributed by atoms with van der Waals surface area (Å²) in [5, 5.41) is 0.237. The van der Waals surface area contributed by atoms with Gasteiger partial charge in [0.1, 0.15) is 11.0 Å². The van der Waals surface area contributed by atoms with Crippen molar-refractivity contribution in [3.05, 3.63) is 71.0 Å². The van der Waals surface area contributed by atoms with Crippen molar-refractivity contribution in [2.45, 2.75) is 6.92 Å². The van der Waals surface area contributed by atoms with Crippen molar-refractivity contribution in [2.24, 2.45) is 0 Å². The molecule has 0 unspecified atom stereocenters. The van der Waals surface area contributed by atoms with E-state index in [1.54, 1.807) is 4.57 Å². The maximum Gasteiger partial charge on any atom is 0.359 e. The maximum atomic E-state index is 11.9. The molecular formula is C18H15ClN2O2. The number of rotatable bonds is 3. The number of hydrogen-bond donors (Lipinski definition) is 0. The number of imidazole rings is 1.